The summed E-state index contributed by atoms with van der Waals surface area (Å²) in [6.07, 6.45) is 0.832. The Morgan fingerprint density at radius 3 is 2.92 bits per heavy atom. The lowest BCUT2D eigenvalue weighted by molar-refractivity contribution is 0.474. The Kier molecular flexibility index (Phi) is 3.01. The molecular formula is C9H9NOS. The molecule has 0 bridgehead atoms. The molecule has 0 radical (unpaired) electrons. The first-order valence-corrected chi connectivity index (χ1v) is 4.47. The zero-order valence-electron chi connectivity index (χ0n) is 6.74. The maximum Gasteiger partial charge on any atom is 0.138 e. The fourth-order valence-electron chi connectivity index (χ4n) is 0.991. The van der Waals surface area contributed by atoms with Crippen molar-refractivity contribution in [3.8, 4) is 11.2 Å². The van der Waals surface area contributed by atoms with E-state index in [9.17, 15) is 0 Å². The number of aryl methyl sites for hydroxylation is 1. The molecule has 0 heterocycles. The Labute approximate surface area is 75.8 Å². The van der Waals surface area contributed by atoms with Crippen LogP contribution in [0.2, 0.25) is 0 Å². The SMILES string of the molecule is CCc1cc(O)ccc1SC#N. The normalized spacial score (nSPS) is 9.33. The van der Waals surface area contributed by atoms with E-state index in [0.717, 1.165) is 28.6 Å². The fourth-order valence-corrected chi connectivity index (χ4v) is 1.56. The second-order valence-electron chi connectivity index (χ2n) is 2.34. The van der Waals surface area contributed by atoms with E-state index < -0.39 is 0 Å². The lowest BCUT2D eigenvalue weighted by atomic mass is 10.2. The van der Waals surface area contributed by atoms with Crippen LogP contribution in [0.15, 0.2) is 23.1 Å². The van der Waals surface area contributed by atoms with Crippen molar-refractivity contribution in [2.45, 2.75) is 18.2 Å². The van der Waals surface area contributed by atoms with Crippen LogP contribution in [0.5, 0.6) is 5.75 Å². The summed E-state index contributed by atoms with van der Waals surface area (Å²) in [6, 6.07) is 5.06. The highest BCUT2D eigenvalue weighted by Crippen LogP contribution is 2.25. The first-order valence-electron chi connectivity index (χ1n) is 3.65. The number of benzene rings is 1. The quantitative estimate of drug-likeness (QED) is 0.560. The minimum Gasteiger partial charge on any atom is -0.508 e. The number of hydrogen-bond donors (Lipinski definition) is 1. The molecule has 3 heteroatoms. The molecule has 0 fully saturated rings. The molecule has 0 saturated heterocycles. The number of thiocyanates is 1. The molecule has 0 aliphatic heterocycles. The van der Waals surface area contributed by atoms with Gasteiger partial charge >= 0.3 is 0 Å². The summed E-state index contributed by atoms with van der Waals surface area (Å²) in [6.45, 7) is 2.00. The Hall–Kier alpha value is -1.14. The van der Waals surface area contributed by atoms with Gasteiger partial charge in [0.2, 0.25) is 0 Å². The fraction of sp³-hybridized carbons (Fsp3) is 0.222. The summed E-state index contributed by atoms with van der Waals surface area (Å²) >= 11 is 1.13. The van der Waals surface area contributed by atoms with Gasteiger partial charge in [-0.25, -0.2) is 0 Å². The molecule has 0 unspecified atom stereocenters. The van der Waals surface area contributed by atoms with Crippen molar-refractivity contribution in [3.05, 3.63) is 23.8 Å². The van der Waals surface area contributed by atoms with Gasteiger partial charge in [0.25, 0.3) is 0 Å². The average molecular weight is 179 g/mol. The van der Waals surface area contributed by atoms with Gasteiger partial charge in [-0.2, -0.15) is 5.26 Å². The Bertz CT molecular complexity index is 317. The van der Waals surface area contributed by atoms with Crippen LogP contribution in [0, 0.1) is 10.7 Å². The molecular weight excluding hydrogens is 170 g/mol. The zero-order valence-corrected chi connectivity index (χ0v) is 7.56. The van der Waals surface area contributed by atoms with Crippen LogP contribution in [0.1, 0.15) is 12.5 Å². The van der Waals surface area contributed by atoms with E-state index >= 15 is 0 Å². The minimum atomic E-state index is 0.258. The van der Waals surface area contributed by atoms with E-state index in [2.05, 4.69) is 0 Å². The molecule has 12 heavy (non-hydrogen) atoms. The summed E-state index contributed by atoms with van der Waals surface area (Å²) in [4.78, 5) is 0.929. The predicted octanol–water partition coefficient (Wildman–Crippen LogP) is 2.53. The number of hydrogen-bond acceptors (Lipinski definition) is 3. The third-order valence-corrected chi connectivity index (χ3v) is 2.29. The van der Waals surface area contributed by atoms with Crippen LogP contribution < -0.4 is 0 Å². The smallest absolute Gasteiger partial charge is 0.138 e. The third-order valence-electron chi connectivity index (χ3n) is 1.58. The van der Waals surface area contributed by atoms with Gasteiger partial charge in [-0.3, -0.25) is 0 Å². The number of aromatic hydroxyl groups is 1. The average Bonchev–Trinajstić information content (AvgIpc) is 2.08. The van der Waals surface area contributed by atoms with Crippen molar-refractivity contribution in [3.63, 3.8) is 0 Å². The number of nitrogens with zero attached hydrogens (tertiary/aromatic N) is 1. The van der Waals surface area contributed by atoms with Gasteiger partial charge in [0.05, 0.1) is 0 Å². The van der Waals surface area contributed by atoms with Crippen molar-refractivity contribution in [1.29, 1.82) is 5.26 Å². The van der Waals surface area contributed by atoms with Crippen LogP contribution >= 0.6 is 11.8 Å². The summed E-state index contributed by atoms with van der Waals surface area (Å²) in [5, 5.41) is 19.6. The lowest BCUT2D eigenvalue weighted by Crippen LogP contribution is -1.83. The van der Waals surface area contributed by atoms with E-state index in [4.69, 9.17) is 10.4 Å². The first-order chi connectivity index (χ1) is 5.77. The Morgan fingerprint density at radius 1 is 1.58 bits per heavy atom. The largest absolute Gasteiger partial charge is 0.508 e. The van der Waals surface area contributed by atoms with Crippen LogP contribution in [0.25, 0.3) is 0 Å². The van der Waals surface area contributed by atoms with Gasteiger partial charge in [0.1, 0.15) is 11.2 Å². The molecule has 0 atom stereocenters. The number of phenolic OH excluding ortho intramolecular Hbond substituents is 1. The number of nitriles is 1. The topological polar surface area (TPSA) is 44.0 Å². The van der Waals surface area contributed by atoms with E-state index in [1.165, 1.54) is 0 Å². The summed E-state index contributed by atoms with van der Waals surface area (Å²) in [5.41, 5.74) is 1.02. The van der Waals surface area contributed by atoms with E-state index in [1.54, 1.807) is 18.2 Å². The van der Waals surface area contributed by atoms with E-state index in [1.807, 2.05) is 12.3 Å². The van der Waals surface area contributed by atoms with Crippen molar-refractivity contribution < 1.29 is 5.11 Å². The molecule has 0 amide bonds. The molecule has 1 aromatic rings. The number of rotatable bonds is 2. The molecule has 2 nitrogen and oxygen atoms in total. The highest BCUT2D eigenvalue weighted by Gasteiger charge is 2.01. The van der Waals surface area contributed by atoms with E-state index in [-0.39, 0.29) is 5.75 Å². The standard InChI is InChI=1S/C9H9NOS/c1-2-7-5-8(11)3-4-9(7)12-6-10/h3-5,11H,2H2,1H3. The monoisotopic (exact) mass is 179 g/mol. The van der Waals surface area contributed by atoms with Crippen molar-refractivity contribution in [1.82, 2.24) is 0 Å². The van der Waals surface area contributed by atoms with Crippen LogP contribution in [0.4, 0.5) is 0 Å². The van der Waals surface area contributed by atoms with Crippen LogP contribution in [-0.2, 0) is 6.42 Å². The second-order valence-corrected chi connectivity index (χ2v) is 3.17. The highest BCUT2D eigenvalue weighted by atomic mass is 32.2. The second kappa shape index (κ2) is 4.03. The Balaban J connectivity index is 3.04. The molecule has 0 spiro atoms. The molecule has 1 N–H and O–H groups in total. The maximum atomic E-state index is 9.14. The van der Waals surface area contributed by atoms with Crippen molar-refractivity contribution >= 4 is 11.8 Å². The predicted molar refractivity (Wildman–Crippen MR) is 49.0 cm³/mol. The summed E-state index contributed by atoms with van der Waals surface area (Å²) < 4.78 is 0. The van der Waals surface area contributed by atoms with Crippen LogP contribution in [-0.4, -0.2) is 5.11 Å². The molecule has 1 rings (SSSR count). The third kappa shape index (κ3) is 1.93. The molecule has 0 aliphatic carbocycles. The summed E-state index contributed by atoms with van der Waals surface area (Å²) in [7, 11) is 0. The summed E-state index contributed by atoms with van der Waals surface area (Å²) in [5.74, 6) is 0.258. The van der Waals surface area contributed by atoms with Gasteiger partial charge in [-0.15, -0.1) is 0 Å². The van der Waals surface area contributed by atoms with Crippen molar-refractivity contribution in [2.75, 3.05) is 0 Å². The number of thioether (sulfide) groups is 1. The van der Waals surface area contributed by atoms with Gasteiger partial charge in [-0.05, 0) is 41.9 Å². The minimum absolute atomic E-state index is 0.258. The van der Waals surface area contributed by atoms with Gasteiger partial charge in [0.15, 0.2) is 0 Å². The molecule has 62 valence electrons. The Morgan fingerprint density at radius 2 is 2.33 bits per heavy atom. The van der Waals surface area contributed by atoms with Crippen molar-refractivity contribution in [2.24, 2.45) is 0 Å². The molecule has 0 saturated carbocycles. The van der Waals surface area contributed by atoms with Gasteiger partial charge in [-0.1, -0.05) is 6.92 Å². The first kappa shape index (κ1) is 8.95. The van der Waals surface area contributed by atoms with Gasteiger partial charge in [0, 0.05) is 4.90 Å². The maximum absolute atomic E-state index is 9.14. The van der Waals surface area contributed by atoms with Crippen LogP contribution in [0.3, 0.4) is 0 Å². The highest BCUT2D eigenvalue weighted by molar-refractivity contribution is 8.03. The number of phenols is 1. The lowest BCUT2D eigenvalue weighted by Gasteiger charge is -2.02. The molecule has 1 aromatic carbocycles. The van der Waals surface area contributed by atoms with E-state index in [0.29, 0.717) is 0 Å². The zero-order chi connectivity index (χ0) is 8.97. The molecule has 0 aliphatic rings. The molecule has 0 aromatic heterocycles. The van der Waals surface area contributed by atoms with Gasteiger partial charge < -0.3 is 5.11 Å².